The van der Waals surface area contributed by atoms with Crippen LogP contribution in [0, 0.1) is 11.8 Å². The molecule has 2 heterocycles. The predicted octanol–water partition coefficient (Wildman–Crippen LogP) is 1.71. The monoisotopic (exact) mass is 329 g/mol. The molecule has 5 heteroatoms. The van der Waals surface area contributed by atoms with E-state index in [4.69, 9.17) is 0 Å². The van der Waals surface area contributed by atoms with Crippen LogP contribution in [0.25, 0.3) is 0 Å². The van der Waals surface area contributed by atoms with Crippen molar-refractivity contribution in [3.05, 3.63) is 35.9 Å². The van der Waals surface area contributed by atoms with Gasteiger partial charge in [0.05, 0.1) is 12.0 Å². The lowest BCUT2D eigenvalue weighted by Gasteiger charge is -2.31. The molecule has 2 aliphatic heterocycles. The van der Waals surface area contributed by atoms with Crippen molar-refractivity contribution in [1.82, 2.24) is 15.5 Å². The number of rotatable bonds is 4. The summed E-state index contributed by atoms with van der Waals surface area (Å²) in [6, 6.07) is 10.2. The second-order valence-corrected chi connectivity index (χ2v) is 7.12. The third kappa shape index (κ3) is 3.61. The van der Waals surface area contributed by atoms with Crippen LogP contribution in [0.5, 0.6) is 0 Å². The number of likely N-dealkylation sites (tertiary alicyclic amines) is 1. The van der Waals surface area contributed by atoms with Gasteiger partial charge in [0.1, 0.15) is 0 Å². The SMILES string of the molecule is CC1CNCCC1NC(=O)C1CC(=O)N(C(C)c2ccccc2)C1. The Hall–Kier alpha value is -1.88. The Balaban J connectivity index is 1.60. The predicted molar refractivity (Wildman–Crippen MR) is 93.3 cm³/mol. The van der Waals surface area contributed by atoms with E-state index in [2.05, 4.69) is 17.6 Å². The lowest BCUT2D eigenvalue weighted by atomic mass is 9.94. The van der Waals surface area contributed by atoms with Crippen LogP contribution in [0.4, 0.5) is 0 Å². The van der Waals surface area contributed by atoms with Gasteiger partial charge in [-0.1, -0.05) is 37.3 Å². The Morgan fingerprint density at radius 3 is 2.79 bits per heavy atom. The largest absolute Gasteiger partial charge is 0.353 e. The maximum Gasteiger partial charge on any atom is 0.225 e. The minimum atomic E-state index is -0.231. The number of hydrogen-bond donors (Lipinski definition) is 2. The van der Waals surface area contributed by atoms with Gasteiger partial charge in [0, 0.05) is 19.0 Å². The van der Waals surface area contributed by atoms with Gasteiger partial charge in [-0.3, -0.25) is 9.59 Å². The van der Waals surface area contributed by atoms with E-state index < -0.39 is 0 Å². The van der Waals surface area contributed by atoms with E-state index in [1.54, 1.807) is 0 Å². The van der Waals surface area contributed by atoms with Crippen LogP contribution in [-0.4, -0.2) is 42.4 Å². The van der Waals surface area contributed by atoms with E-state index in [0.717, 1.165) is 25.1 Å². The van der Waals surface area contributed by atoms with E-state index in [9.17, 15) is 9.59 Å². The molecule has 5 nitrogen and oxygen atoms in total. The number of nitrogens with zero attached hydrogens (tertiary/aromatic N) is 1. The molecule has 0 aromatic heterocycles. The van der Waals surface area contributed by atoms with E-state index in [0.29, 0.717) is 18.9 Å². The molecule has 1 aromatic rings. The van der Waals surface area contributed by atoms with Crippen LogP contribution in [-0.2, 0) is 9.59 Å². The highest BCUT2D eigenvalue weighted by Crippen LogP contribution is 2.28. The summed E-state index contributed by atoms with van der Waals surface area (Å²) in [5.41, 5.74) is 1.11. The fraction of sp³-hybridized carbons (Fsp3) is 0.579. The molecule has 0 spiro atoms. The zero-order valence-corrected chi connectivity index (χ0v) is 14.5. The number of carbonyl (C=O) groups is 2. The quantitative estimate of drug-likeness (QED) is 0.884. The molecule has 2 aliphatic rings. The Labute approximate surface area is 143 Å². The van der Waals surface area contributed by atoms with Gasteiger partial charge in [-0.15, -0.1) is 0 Å². The molecular formula is C19H27N3O2. The van der Waals surface area contributed by atoms with Crippen molar-refractivity contribution in [3.8, 4) is 0 Å². The molecule has 2 amide bonds. The molecule has 2 saturated heterocycles. The Kier molecular flexibility index (Phi) is 5.19. The number of carbonyl (C=O) groups excluding carboxylic acids is 2. The first-order valence-corrected chi connectivity index (χ1v) is 8.91. The summed E-state index contributed by atoms with van der Waals surface area (Å²) in [6.45, 7) is 6.57. The molecule has 130 valence electrons. The molecular weight excluding hydrogens is 302 g/mol. The van der Waals surface area contributed by atoms with Crippen LogP contribution in [0.15, 0.2) is 30.3 Å². The zero-order chi connectivity index (χ0) is 17.1. The van der Waals surface area contributed by atoms with Crippen molar-refractivity contribution in [2.45, 2.75) is 38.8 Å². The Morgan fingerprint density at radius 1 is 1.33 bits per heavy atom. The van der Waals surface area contributed by atoms with Crippen LogP contribution >= 0.6 is 0 Å². The van der Waals surface area contributed by atoms with Crippen molar-refractivity contribution >= 4 is 11.8 Å². The minimum absolute atomic E-state index is 0.00861. The second kappa shape index (κ2) is 7.34. The van der Waals surface area contributed by atoms with Crippen molar-refractivity contribution in [2.24, 2.45) is 11.8 Å². The third-order valence-electron chi connectivity index (χ3n) is 5.39. The first-order valence-electron chi connectivity index (χ1n) is 8.91. The molecule has 0 aliphatic carbocycles. The molecule has 4 atom stereocenters. The number of hydrogen-bond acceptors (Lipinski definition) is 3. The van der Waals surface area contributed by atoms with Crippen LogP contribution in [0.1, 0.15) is 38.3 Å². The van der Waals surface area contributed by atoms with Crippen LogP contribution in [0.2, 0.25) is 0 Å². The summed E-state index contributed by atoms with van der Waals surface area (Å²) < 4.78 is 0. The normalized spacial score (nSPS) is 28.7. The lowest BCUT2D eigenvalue weighted by molar-refractivity contribution is -0.130. The zero-order valence-electron chi connectivity index (χ0n) is 14.5. The van der Waals surface area contributed by atoms with E-state index in [1.165, 1.54) is 0 Å². The molecule has 24 heavy (non-hydrogen) atoms. The van der Waals surface area contributed by atoms with Gasteiger partial charge >= 0.3 is 0 Å². The van der Waals surface area contributed by atoms with Gasteiger partial charge in [0.2, 0.25) is 11.8 Å². The highest BCUT2D eigenvalue weighted by Gasteiger charge is 2.38. The smallest absolute Gasteiger partial charge is 0.225 e. The van der Waals surface area contributed by atoms with E-state index in [-0.39, 0.29) is 29.8 Å². The lowest BCUT2D eigenvalue weighted by Crippen LogP contribution is -2.50. The summed E-state index contributed by atoms with van der Waals surface area (Å²) in [5.74, 6) is 0.305. The number of amides is 2. The Bertz CT molecular complexity index is 590. The van der Waals surface area contributed by atoms with Crippen molar-refractivity contribution in [1.29, 1.82) is 0 Å². The fourth-order valence-electron chi connectivity index (χ4n) is 3.72. The first kappa shape index (κ1) is 17.0. The van der Waals surface area contributed by atoms with Gasteiger partial charge in [0.25, 0.3) is 0 Å². The molecule has 1 aromatic carbocycles. The number of benzene rings is 1. The molecule has 2 N–H and O–H groups in total. The molecule has 3 rings (SSSR count). The summed E-state index contributed by atoms with van der Waals surface area (Å²) in [5, 5.41) is 6.51. The van der Waals surface area contributed by atoms with Gasteiger partial charge < -0.3 is 15.5 Å². The van der Waals surface area contributed by atoms with Gasteiger partial charge in [0.15, 0.2) is 0 Å². The third-order valence-corrected chi connectivity index (χ3v) is 5.39. The summed E-state index contributed by atoms with van der Waals surface area (Å²) in [6.07, 6.45) is 1.28. The highest BCUT2D eigenvalue weighted by atomic mass is 16.2. The van der Waals surface area contributed by atoms with Crippen LogP contribution < -0.4 is 10.6 Å². The molecule has 4 unspecified atom stereocenters. The standard InChI is InChI=1S/C19H27N3O2/c1-13-11-20-9-8-17(13)21-19(24)16-10-18(23)22(12-16)14(2)15-6-4-3-5-7-15/h3-7,13-14,16-17,20H,8-12H2,1-2H3,(H,21,24). The summed E-state index contributed by atoms with van der Waals surface area (Å²) >= 11 is 0. The first-order chi connectivity index (χ1) is 11.6. The number of piperidine rings is 1. The van der Waals surface area contributed by atoms with E-state index >= 15 is 0 Å². The Morgan fingerprint density at radius 2 is 2.08 bits per heavy atom. The van der Waals surface area contributed by atoms with Gasteiger partial charge in [-0.2, -0.15) is 0 Å². The maximum absolute atomic E-state index is 12.6. The van der Waals surface area contributed by atoms with Crippen molar-refractivity contribution < 1.29 is 9.59 Å². The average Bonchev–Trinajstić information content (AvgIpc) is 2.99. The molecule has 0 radical (unpaired) electrons. The second-order valence-electron chi connectivity index (χ2n) is 7.12. The number of nitrogens with one attached hydrogen (secondary N) is 2. The highest BCUT2D eigenvalue weighted by molar-refractivity contribution is 5.89. The fourth-order valence-corrected chi connectivity index (χ4v) is 3.72. The average molecular weight is 329 g/mol. The molecule has 0 saturated carbocycles. The van der Waals surface area contributed by atoms with E-state index in [1.807, 2.05) is 42.2 Å². The van der Waals surface area contributed by atoms with Crippen molar-refractivity contribution in [2.75, 3.05) is 19.6 Å². The van der Waals surface area contributed by atoms with Crippen molar-refractivity contribution in [3.63, 3.8) is 0 Å². The maximum atomic E-state index is 12.6. The molecule has 0 bridgehead atoms. The summed E-state index contributed by atoms with van der Waals surface area (Å²) in [7, 11) is 0. The topological polar surface area (TPSA) is 61.4 Å². The van der Waals surface area contributed by atoms with Gasteiger partial charge in [-0.05, 0) is 37.9 Å². The van der Waals surface area contributed by atoms with Gasteiger partial charge in [-0.25, -0.2) is 0 Å². The van der Waals surface area contributed by atoms with Crippen LogP contribution in [0.3, 0.4) is 0 Å². The summed E-state index contributed by atoms with van der Waals surface area (Å²) in [4.78, 5) is 26.8. The minimum Gasteiger partial charge on any atom is -0.353 e. The molecule has 2 fully saturated rings.